The molecule has 0 atom stereocenters. The molecule has 0 spiro atoms. The molecule has 3 rings (SSSR count). The number of rotatable bonds is 4. The van der Waals surface area contributed by atoms with E-state index in [2.05, 4.69) is 36.1 Å². The summed E-state index contributed by atoms with van der Waals surface area (Å²) >= 11 is 3.45. The van der Waals surface area contributed by atoms with Crippen LogP contribution >= 0.6 is 15.9 Å². The quantitative estimate of drug-likeness (QED) is 0.852. The van der Waals surface area contributed by atoms with E-state index in [0.717, 1.165) is 51.4 Å². The molecule has 21 heavy (non-hydrogen) atoms. The van der Waals surface area contributed by atoms with Crippen molar-refractivity contribution in [3.63, 3.8) is 0 Å². The Hall–Kier alpha value is -0.920. The highest BCUT2D eigenvalue weighted by molar-refractivity contribution is 9.10. The van der Waals surface area contributed by atoms with E-state index in [-0.39, 0.29) is 5.56 Å². The van der Waals surface area contributed by atoms with Gasteiger partial charge < -0.3 is 10.2 Å². The number of piperazine rings is 1. The van der Waals surface area contributed by atoms with Crippen molar-refractivity contribution in [2.24, 2.45) is 0 Å². The standard InChI is InChI=1S/C14H22BrN5O/c1-2-5-20-14(21)13(15)12(8-17-20)19-9-11(10-19)18-6-3-16-4-7-18/h8,11,16H,2-7,9-10H2,1H3. The minimum atomic E-state index is -0.0278. The zero-order valence-corrected chi connectivity index (χ0v) is 14.0. The van der Waals surface area contributed by atoms with E-state index in [0.29, 0.717) is 17.1 Å². The SMILES string of the molecule is CCCn1ncc(N2CC(N3CCNCC3)C2)c(Br)c1=O. The lowest BCUT2D eigenvalue weighted by atomic mass is 10.1. The van der Waals surface area contributed by atoms with Crippen LogP contribution in [0, 0.1) is 0 Å². The summed E-state index contributed by atoms with van der Waals surface area (Å²) in [7, 11) is 0. The van der Waals surface area contributed by atoms with Crippen LogP contribution in [0.5, 0.6) is 0 Å². The highest BCUT2D eigenvalue weighted by atomic mass is 79.9. The molecule has 1 aromatic heterocycles. The highest BCUT2D eigenvalue weighted by Gasteiger charge is 2.33. The number of anilines is 1. The monoisotopic (exact) mass is 355 g/mol. The largest absolute Gasteiger partial charge is 0.366 e. The van der Waals surface area contributed by atoms with Crippen molar-refractivity contribution in [1.82, 2.24) is 20.0 Å². The number of nitrogens with zero attached hydrogens (tertiary/aromatic N) is 4. The van der Waals surface area contributed by atoms with Crippen LogP contribution in [0.3, 0.4) is 0 Å². The van der Waals surface area contributed by atoms with Crippen LogP contribution in [-0.4, -0.2) is 60.0 Å². The Morgan fingerprint density at radius 1 is 1.38 bits per heavy atom. The van der Waals surface area contributed by atoms with Gasteiger partial charge in [-0.25, -0.2) is 4.68 Å². The van der Waals surface area contributed by atoms with Crippen LogP contribution in [-0.2, 0) is 6.54 Å². The average Bonchev–Trinajstić information content (AvgIpc) is 2.46. The van der Waals surface area contributed by atoms with Crippen LogP contribution in [0.15, 0.2) is 15.5 Å². The minimum Gasteiger partial charge on any atom is -0.366 e. The second kappa shape index (κ2) is 6.46. The summed E-state index contributed by atoms with van der Waals surface area (Å²) < 4.78 is 2.17. The molecule has 7 heteroatoms. The normalized spacial score (nSPS) is 20.6. The molecule has 1 N–H and O–H groups in total. The van der Waals surface area contributed by atoms with Crippen LogP contribution in [0.4, 0.5) is 5.69 Å². The molecule has 2 saturated heterocycles. The van der Waals surface area contributed by atoms with Gasteiger partial charge in [0.2, 0.25) is 0 Å². The predicted molar refractivity (Wildman–Crippen MR) is 86.9 cm³/mol. The smallest absolute Gasteiger partial charge is 0.283 e. The van der Waals surface area contributed by atoms with E-state index < -0.39 is 0 Å². The Bertz CT molecular complexity index is 549. The van der Waals surface area contributed by atoms with E-state index in [4.69, 9.17) is 0 Å². The Morgan fingerprint density at radius 2 is 2.10 bits per heavy atom. The van der Waals surface area contributed by atoms with Crippen molar-refractivity contribution in [2.75, 3.05) is 44.2 Å². The van der Waals surface area contributed by atoms with Gasteiger partial charge in [-0.15, -0.1) is 0 Å². The summed E-state index contributed by atoms with van der Waals surface area (Å²) in [5, 5.41) is 7.66. The number of hydrogen-bond acceptors (Lipinski definition) is 5. The van der Waals surface area contributed by atoms with Gasteiger partial charge in [-0.05, 0) is 22.4 Å². The first-order valence-electron chi connectivity index (χ1n) is 7.66. The molecular formula is C14H22BrN5O. The van der Waals surface area contributed by atoms with Crippen molar-refractivity contribution >= 4 is 21.6 Å². The van der Waals surface area contributed by atoms with Crippen molar-refractivity contribution in [2.45, 2.75) is 25.9 Å². The lowest BCUT2D eigenvalue weighted by molar-refractivity contribution is 0.147. The lowest BCUT2D eigenvalue weighted by Crippen LogP contribution is -2.63. The topological polar surface area (TPSA) is 53.4 Å². The summed E-state index contributed by atoms with van der Waals surface area (Å²) in [5.74, 6) is 0. The van der Waals surface area contributed by atoms with Gasteiger partial charge in [-0.3, -0.25) is 9.69 Å². The fourth-order valence-electron chi connectivity index (χ4n) is 2.98. The second-order valence-electron chi connectivity index (χ2n) is 5.72. The number of hydrogen-bond donors (Lipinski definition) is 1. The van der Waals surface area contributed by atoms with E-state index in [1.165, 1.54) is 4.68 Å². The molecule has 0 saturated carbocycles. The molecule has 1 aromatic rings. The number of aromatic nitrogens is 2. The summed E-state index contributed by atoms with van der Waals surface area (Å²) in [4.78, 5) is 17.0. The minimum absolute atomic E-state index is 0.0278. The highest BCUT2D eigenvalue weighted by Crippen LogP contribution is 2.28. The summed E-state index contributed by atoms with van der Waals surface area (Å²) in [6.45, 7) is 9.08. The molecule has 2 aliphatic heterocycles. The fraction of sp³-hybridized carbons (Fsp3) is 0.714. The van der Waals surface area contributed by atoms with Gasteiger partial charge >= 0.3 is 0 Å². The third kappa shape index (κ3) is 3.00. The number of halogens is 1. The third-order valence-corrected chi connectivity index (χ3v) is 5.02. The molecule has 2 aliphatic rings. The van der Waals surface area contributed by atoms with E-state index in [9.17, 15) is 4.79 Å². The summed E-state index contributed by atoms with van der Waals surface area (Å²) in [6.07, 6.45) is 2.72. The van der Waals surface area contributed by atoms with Crippen molar-refractivity contribution in [3.8, 4) is 0 Å². The van der Waals surface area contributed by atoms with Gasteiger partial charge in [0.05, 0.1) is 11.9 Å². The summed E-state index contributed by atoms with van der Waals surface area (Å²) in [5.41, 5.74) is 0.902. The molecule has 0 radical (unpaired) electrons. The Kier molecular flexibility index (Phi) is 4.61. The lowest BCUT2D eigenvalue weighted by Gasteiger charge is -2.47. The maximum absolute atomic E-state index is 12.2. The van der Waals surface area contributed by atoms with Gasteiger partial charge in [0.1, 0.15) is 4.47 Å². The van der Waals surface area contributed by atoms with Crippen molar-refractivity contribution in [3.05, 3.63) is 21.0 Å². The Balaban J connectivity index is 1.66. The van der Waals surface area contributed by atoms with Crippen LogP contribution in [0.25, 0.3) is 0 Å². The summed E-state index contributed by atoms with van der Waals surface area (Å²) in [6, 6.07) is 0.608. The van der Waals surface area contributed by atoms with Crippen molar-refractivity contribution < 1.29 is 0 Å². The Labute approximate surface area is 133 Å². The molecule has 0 aromatic carbocycles. The second-order valence-corrected chi connectivity index (χ2v) is 6.51. The number of aryl methyl sites for hydroxylation is 1. The zero-order chi connectivity index (χ0) is 14.8. The molecule has 6 nitrogen and oxygen atoms in total. The fourth-order valence-corrected chi connectivity index (χ4v) is 3.54. The molecule has 0 unspecified atom stereocenters. The Morgan fingerprint density at radius 3 is 2.76 bits per heavy atom. The maximum atomic E-state index is 12.2. The van der Waals surface area contributed by atoms with E-state index in [1.807, 2.05) is 13.1 Å². The van der Waals surface area contributed by atoms with Crippen LogP contribution in [0.2, 0.25) is 0 Å². The molecule has 116 valence electrons. The molecule has 0 aliphatic carbocycles. The molecular weight excluding hydrogens is 334 g/mol. The van der Waals surface area contributed by atoms with Gasteiger partial charge in [-0.2, -0.15) is 5.10 Å². The molecule has 0 amide bonds. The zero-order valence-electron chi connectivity index (χ0n) is 12.4. The first-order valence-corrected chi connectivity index (χ1v) is 8.45. The van der Waals surface area contributed by atoms with Gasteiger partial charge in [0.25, 0.3) is 5.56 Å². The van der Waals surface area contributed by atoms with Gasteiger partial charge in [0, 0.05) is 51.9 Å². The molecule has 3 heterocycles. The van der Waals surface area contributed by atoms with Gasteiger partial charge in [-0.1, -0.05) is 6.92 Å². The van der Waals surface area contributed by atoms with E-state index in [1.54, 1.807) is 0 Å². The van der Waals surface area contributed by atoms with E-state index >= 15 is 0 Å². The number of nitrogens with one attached hydrogen (secondary N) is 1. The third-order valence-electron chi connectivity index (χ3n) is 4.27. The first-order chi connectivity index (χ1) is 10.2. The van der Waals surface area contributed by atoms with Gasteiger partial charge in [0.15, 0.2) is 0 Å². The first kappa shape index (κ1) is 15.0. The average molecular weight is 356 g/mol. The van der Waals surface area contributed by atoms with Crippen LogP contribution in [0.1, 0.15) is 13.3 Å². The predicted octanol–water partition coefficient (Wildman–Crippen LogP) is 0.510. The molecule has 0 bridgehead atoms. The maximum Gasteiger partial charge on any atom is 0.283 e. The van der Waals surface area contributed by atoms with Crippen LogP contribution < -0.4 is 15.8 Å². The molecule has 2 fully saturated rings. The van der Waals surface area contributed by atoms with Crippen molar-refractivity contribution in [1.29, 1.82) is 0 Å².